The van der Waals surface area contributed by atoms with Crippen molar-refractivity contribution < 1.29 is 13.6 Å². The molecule has 1 aliphatic heterocycles. The maximum absolute atomic E-state index is 6.61. The van der Waals surface area contributed by atoms with Crippen molar-refractivity contribution in [2.75, 3.05) is 0 Å². The molecule has 0 spiro atoms. The molecule has 0 unspecified atom stereocenters. The van der Waals surface area contributed by atoms with E-state index in [1.54, 1.807) is 11.8 Å². The Hall–Kier alpha value is -2.16. The number of benzene rings is 3. The van der Waals surface area contributed by atoms with Gasteiger partial charge in [-0.3, -0.25) is 0 Å². The van der Waals surface area contributed by atoms with Crippen LogP contribution >= 0.6 is 20.4 Å². The Morgan fingerprint density at radius 1 is 0.697 bits per heavy atom. The predicted octanol–water partition coefficient (Wildman–Crippen LogP) is 9.13. The highest BCUT2D eigenvalue weighted by Crippen LogP contribution is 2.56. The van der Waals surface area contributed by atoms with Gasteiger partial charge >= 0.3 is 8.60 Å². The van der Waals surface area contributed by atoms with Crippen LogP contribution in [0.25, 0.3) is 0 Å². The SMILES string of the molecule is Cc1cc2c(c(C(C)(C)C)c1)OP(Oc1ccccc1)Oc1c(cc(C)cc1C(C)(C)C)S2. The van der Waals surface area contributed by atoms with Crippen LogP contribution in [0.2, 0.25) is 0 Å². The molecule has 0 aromatic heterocycles. The summed E-state index contributed by atoms with van der Waals surface area (Å²) in [4.78, 5) is 2.19. The zero-order valence-corrected chi connectivity index (χ0v) is 22.5. The van der Waals surface area contributed by atoms with Crippen LogP contribution < -0.4 is 13.6 Å². The molecule has 0 saturated carbocycles. The van der Waals surface area contributed by atoms with Gasteiger partial charge in [0.1, 0.15) is 17.2 Å². The molecule has 0 amide bonds. The third-order valence-corrected chi connectivity index (χ3v) is 7.56. The third-order valence-electron chi connectivity index (χ3n) is 5.49. The molecule has 0 radical (unpaired) electrons. The Labute approximate surface area is 203 Å². The van der Waals surface area contributed by atoms with Gasteiger partial charge in [-0.2, -0.15) is 0 Å². The fourth-order valence-corrected chi connectivity index (χ4v) is 6.26. The second kappa shape index (κ2) is 8.89. The molecule has 174 valence electrons. The van der Waals surface area contributed by atoms with Crippen molar-refractivity contribution >= 4 is 20.4 Å². The number of hydrogen-bond donors (Lipinski definition) is 0. The van der Waals surface area contributed by atoms with E-state index >= 15 is 0 Å². The van der Waals surface area contributed by atoms with Gasteiger partial charge in [0.25, 0.3) is 0 Å². The maximum atomic E-state index is 6.61. The molecule has 3 aromatic rings. The van der Waals surface area contributed by atoms with Gasteiger partial charge in [-0.05, 0) is 60.1 Å². The van der Waals surface area contributed by atoms with Gasteiger partial charge in [0, 0.05) is 11.1 Å². The van der Waals surface area contributed by atoms with Crippen molar-refractivity contribution in [2.45, 2.75) is 76.0 Å². The van der Waals surface area contributed by atoms with E-state index in [2.05, 4.69) is 79.7 Å². The summed E-state index contributed by atoms with van der Waals surface area (Å²) in [5, 5.41) is 0. The fraction of sp³-hybridized carbons (Fsp3) is 0.357. The van der Waals surface area contributed by atoms with E-state index in [1.807, 2.05) is 30.3 Å². The van der Waals surface area contributed by atoms with Crippen LogP contribution in [0.5, 0.6) is 17.2 Å². The van der Waals surface area contributed by atoms with E-state index in [0.29, 0.717) is 0 Å². The van der Waals surface area contributed by atoms with Crippen LogP contribution in [0.1, 0.15) is 63.8 Å². The van der Waals surface area contributed by atoms with E-state index in [0.717, 1.165) is 38.2 Å². The van der Waals surface area contributed by atoms with Gasteiger partial charge in [0.05, 0.1) is 9.79 Å². The summed E-state index contributed by atoms with van der Waals surface area (Å²) in [6, 6.07) is 18.6. The fourth-order valence-electron chi connectivity index (χ4n) is 3.82. The van der Waals surface area contributed by atoms with Crippen molar-refractivity contribution in [3.63, 3.8) is 0 Å². The smallest absolute Gasteiger partial charge is 0.409 e. The van der Waals surface area contributed by atoms with E-state index in [-0.39, 0.29) is 10.8 Å². The minimum absolute atomic E-state index is 0.0877. The number of aryl methyl sites for hydroxylation is 2. The number of rotatable bonds is 2. The molecular formula is C28H33O3PS. The molecule has 1 aliphatic rings. The van der Waals surface area contributed by atoms with Crippen molar-refractivity contribution in [1.29, 1.82) is 0 Å². The lowest BCUT2D eigenvalue weighted by Gasteiger charge is -2.31. The average Bonchev–Trinajstić information content (AvgIpc) is 2.69. The topological polar surface area (TPSA) is 27.7 Å². The first-order chi connectivity index (χ1) is 15.4. The van der Waals surface area contributed by atoms with Gasteiger partial charge in [0.2, 0.25) is 0 Å². The van der Waals surface area contributed by atoms with Crippen molar-refractivity contribution in [2.24, 2.45) is 0 Å². The summed E-state index contributed by atoms with van der Waals surface area (Å²) in [7, 11) is -1.72. The molecule has 0 bridgehead atoms. The highest BCUT2D eigenvalue weighted by Gasteiger charge is 2.34. The van der Waals surface area contributed by atoms with Crippen LogP contribution in [0.3, 0.4) is 0 Å². The molecule has 3 nitrogen and oxygen atoms in total. The predicted molar refractivity (Wildman–Crippen MR) is 139 cm³/mol. The highest BCUT2D eigenvalue weighted by molar-refractivity contribution is 7.99. The summed E-state index contributed by atoms with van der Waals surface area (Å²) < 4.78 is 19.5. The van der Waals surface area contributed by atoms with Crippen LogP contribution in [-0.4, -0.2) is 0 Å². The largest absolute Gasteiger partial charge is 0.530 e. The first kappa shape index (κ1) is 24.0. The molecule has 3 aromatic carbocycles. The molecule has 4 rings (SSSR count). The summed E-state index contributed by atoms with van der Waals surface area (Å²) in [5.74, 6) is 2.43. The zero-order chi connectivity index (χ0) is 24.0. The van der Waals surface area contributed by atoms with Gasteiger partial charge in [-0.1, -0.05) is 83.6 Å². The lowest BCUT2D eigenvalue weighted by molar-refractivity contribution is 0.368. The Morgan fingerprint density at radius 2 is 1.15 bits per heavy atom. The molecule has 1 heterocycles. The van der Waals surface area contributed by atoms with Crippen molar-refractivity contribution in [3.8, 4) is 17.2 Å². The van der Waals surface area contributed by atoms with Gasteiger partial charge in [-0.25, -0.2) is 0 Å². The quantitative estimate of drug-likeness (QED) is 0.342. The number of hydrogen-bond acceptors (Lipinski definition) is 4. The van der Waals surface area contributed by atoms with Crippen molar-refractivity contribution in [3.05, 3.63) is 76.9 Å². The second-order valence-electron chi connectivity index (χ2n) is 10.7. The lowest BCUT2D eigenvalue weighted by atomic mass is 9.85. The van der Waals surface area contributed by atoms with Crippen LogP contribution in [0.4, 0.5) is 0 Å². The standard InChI is InChI=1S/C28H33O3PS/c1-18-14-21(27(3,4)5)25-23(16-18)33-24-17-19(2)15-22(28(6,7)8)26(24)31-32(30-25)29-20-12-10-9-11-13-20/h9-17H,1-8H3. The molecular weight excluding hydrogens is 447 g/mol. The Balaban J connectivity index is 1.93. The van der Waals surface area contributed by atoms with E-state index < -0.39 is 8.60 Å². The highest BCUT2D eigenvalue weighted by atomic mass is 32.2. The minimum Gasteiger partial charge on any atom is -0.409 e. The number of para-hydroxylation sites is 1. The maximum Gasteiger partial charge on any atom is 0.530 e. The average molecular weight is 481 g/mol. The Kier molecular flexibility index (Phi) is 6.46. The van der Waals surface area contributed by atoms with Crippen LogP contribution in [-0.2, 0) is 10.8 Å². The van der Waals surface area contributed by atoms with Crippen molar-refractivity contribution in [1.82, 2.24) is 0 Å². The van der Waals surface area contributed by atoms with E-state index in [1.165, 1.54) is 11.1 Å². The molecule has 0 N–H and O–H groups in total. The van der Waals surface area contributed by atoms with Crippen LogP contribution in [0, 0.1) is 13.8 Å². The summed E-state index contributed by atoms with van der Waals surface area (Å²) in [6.07, 6.45) is 0. The summed E-state index contributed by atoms with van der Waals surface area (Å²) >= 11 is 1.72. The molecule has 33 heavy (non-hydrogen) atoms. The zero-order valence-electron chi connectivity index (χ0n) is 20.8. The third kappa shape index (κ3) is 5.34. The summed E-state index contributed by atoms with van der Waals surface area (Å²) in [6.45, 7) is 17.6. The number of fused-ring (bicyclic) bond motifs is 2. The molecule has 5 heteroatoms. The molecule has 0 saturated heterocycles. The van der Waals surface area contributed by atoms with E-state index in [4.69, 9.17) is 13.6 Å². The van der Waals surface area contributed by atoms with Crippen LogP contribution in [0.15, 0.2) is 64.4 Å². The molecule has 0 fully saturated rings. The lowest BCUT2D eigenvalue weighted by Crippen LogP contribution is -2.17. The van der Waals surface area contributed by atoms with Gasteiger partial charge < -0.3 is 13.6 Å². The Morgan fingerprint density at radius 3 is 1.58 bits per heavy atom. The summed E-state index contributed by atoms with van der Waals surface area (Å²) in [5.41, 5.74) is 4.57. The molecule has 0 aliphatic carbocycles. The monoisotopic (exact) mass is 480 g/mol. The minimum atomic E-state index is -1.72. The second-order valence-corrected chi connectivity index (χ2v) is 12.8. The van der Waals surface area contributed by atoms with E-state index in [9.17, 15) is 0 Å². The normalized spacial score (nSPS) is 14.3. The molecule has 0 atom stereocenters. The Bertz CT molecular complexity index is 1090. The first-order valence-electron chi connectivity index (χ1n) is 11.3. The first-order valence-corrected chi connectivity index (χ1v) is 13.2. The van der Waals surface area contributed by atoms with Gasteiger partial charge in [-0.15, -0.1) is 0 Å². The van der Waals surface area contributed by atoms with Gasteiger partial charge in [0.15, 0.2) is 0 Å².